The smallest absolute Gasteiger partial charge is 0.150 e. The predicted octanol–water partition coefficient (Wildman–Crippen LogP) is 4.21. The van der Waals surface area contributed by atoms with Crippen LogP contribution in [0.25, 0.3) is 16.8 Å². The lowest BCUT2D eigenvalue weighted by Crippen LogP contribution is -2.20. The van der Waals surface area contributed by atoms with Crippen molar-refractivity contribution in [2.24, 2.45) is 0 Å². The van der Waals surface area contributed by atoms with Gasteiger partial charge in [0.05, 0.1) is 11.4 Å². The third-order valence-corrected chi connectivity index (χ3v) is 4.49. The standard InChI is InChI=1S/C18H21N3O/c1-2-7-14(6-1)16-12-17(15-8-5-10-19-13-15)21(20-16)18-9-3-4-11-22-18/h5-6,8,10,12-13,18H,1-4,7,9,11H2. The highest BCUT2D eigenvalue weighted by Crippen LogP contribution is 2.33. The van der Waals surface area contributed by atoms with Crippen LogP contribution in [-0.2, 0) is 4.74 Å². The summed E-state index contributed by atoms with van der Waals surface area (Å²) in [5.41, 5.74) is 4.70. The molecule has 1 aliphatic heterocycles. The second kappa shape index (κ2) is 6.05. The van der Waals surface area contributed by atoms with Crippen molar-refractivity contribution >= 4 is 5.57 Å². The number of pyridine rings is 1. The summed E-state index contributed by atoms with van der Waals surface area (Å²) >= 11 is 0. The van der Waals surface area contributed by atoms with Crippen molar-refractivity contribution in [1.29, 1.82) is 0 Å². The summed E-state index contributed by atoms with van der Waals surface area (Å²) in [6, 6.07) is 6.27. The zero-order chi connectivity index (χ0) is 14.8. The van der Waals surface area contributed by atoms with Crippen LogP contribution in [0.2, 0.25) is 0 Å². The van der Waals surface area contributed by atoms with Gasteiger partial charge in [0.2, 0.25) is 0 Å². The van der Waals surface area contributed by atoms with Crippen molar-refractivity contribution < 1.29 is 4.74 Å². The summed E-state index contributed by atoms with van der Waals surface area (Å²) in [5, 5.41) is 4.89. The molecule has 1 aliphatic carbocycles. The van der Waals surface area contributed by atoms with Crippen molar-refractivity contribution in [3.63, 3.8) is 0 Å². The van der Waals surface area contributed by atoms with Crippen LogP contribution < -0.4 is 0 Å². The number of rotatable bonds is 3. The van der Waals surface area contributed by atoms with Gasteiger partial charge >= 0.3 is 0 Å². The molecule has 0 N–H and O–H groups in total. The predicted molar refractivity (Wildman–Crippen MR) is 86.1 cm³/mol. The lowest BCUT2D eigenvalue weighted by Gasteiger charge is -2.24. The van der Waals surface area contributed by atoms with Gasteiger partial charge in [0, 0.05) is 24.6 Å². The first-order chi connectivity index (χ1) is 10.9. The Kier molecular flexibility index (Phi) is 3.77. The second-order valence-electron chi connectivity index (χ2n) is 6.04. The maximum atomic E-state index is 5.96. The largest absolute Gasteiger partial charge is 0.356 e. The molecule has 1 unspecified atom stereocenters. The second-order valence-corrected chi connectivity index (χ2v) is 6.04. The molecular formula is C18H21N3O. The van der Waals surface area contributed by atoms with Crippen LogP contribution in [0.1, 0.15) is 50.4 Å². The molecular weight excluding hydrogens is 274 g/mol. The quantitative estimate of drug-likeness (QED) is 0.851. The maximum Gasteiger partial charge on any atom is 0.150 e. The Morgan fingerprint density at radius 3 is 2.95 bits per heavy atom. The lowest BCUT2D eigenvalue weighted by atomic mass is 10.1. The Morgan fingerprint density at radius 1 is 1.23 bits per heavy atom. The van der Waals surface area contributed by atoms with Gasteiger partial charge in [0.25, 0.3) is 0 Å². The molecule has 4 heteroatoms. The van der Waals surface area contributed by atoms with E-state index in [1.807, 2.05) is 18.5 Å². The normalized spacial score (nSPS) is 21.8. The van der Waals surface area contributed by atoms with E-state index in [4.69, 9.17) is 9.84 Å². The van der Waals surface area contributed by atoms with E-state index < -0.39 is 0 Å². The molecule has 4 nitrogen and oxygen atoms in total. The topological polar surface area (TPSA) is 39.9 Å². The summed E-state index contributed by atoms with van der Waals surface area (Å²) in [6.45, 7) is 0.828. The molecule has 2 aromatic heterocycles. The molecule has 1 fully saturated rings. The van der Waals surface area contributed by atoms with Crippen LogP contribution in [0, 0.1) is 0 Å². The zero-order valence-corrected chi connectivity index (χ0v) is 12.7. The van der Waals surface area contributed by atoms with Gasteiger partial charge < -0.3 is 4.74 Å². The van der Waals surface area contributed by atoms with Crippen LogP contribution in [0.15, 0.2) is 36.7 Å². The number of nitrogens with zero attached hydrogens (tertiary/aromatic N) is 3. The van der Waals surface area contributed by atoms with E-state index in [1.165, 1.54) is 24.8 Å². The van der Waals surface area contributed by atoms with Gasteiger partial charge in [-0.15, -0.1) is 0 Å². The minimum Gasteiger partial charge on any atom is -0.356 e. The number of allylic oxidation sites excluding steroid dienone is 2. The van der Waals surface area contributed by atoms with Crippen LogP contribution >= 0.6 is 0 Å². The number of hydrogen-bond donors (Lipinski definition) is 0. The first kappa shape index (κ1) is 13.7. The molecule has 3 heterocycles. The Hall–Kier alpha value is -1.94. The molecule has 22 heavy (non-hydrogen) atoms. The Labute approximate surface area is 130 Å². The molecule has 2 aliphatic rings. The fraction of sp³-hybridized carbons (Fsp3) is 0.444. The lowest BCUT2D eigenvalue weighted by molar-refractivity contribution is -0.0384. The van der Waals surface area contributed by atoms with E-state index in [1.54, 1.807) is 0 Å². The van der Waals surface area contributed by atoms with Crippen molar-refractivity contribution in [2.75, 3.05) is 6.61 Å². The molecule has 1 saturated heterocycles. The highest BCUT2D eigenvalue weighted by atomic mass is 16.5. The number of ether oxygens (including phenoxy) is 1. The average molecular weight is 295 g/mol. The minimum atomic E-state index is 0.0553. The van der Waals surface area contributed by atoms with E-state index in [9.17, 15) is 0 Å². The fourth-order valence-electron chi connectivity index (χ4n) is 3.32. The molecule has 0 spiro atoms. The molecule has 0 radical (unpaired) electrons. The van der Waals surface area contributed by atoms with Gasteiger partial charge in [-0.25, -0.2) is 4.68 Å². The zero-order valence-electron chi connectivity index (χ0n) is 12.7. The maximum absolute atomic E-state index is 5.96. The van der Waals surface area contributed by atoms with Crippen LogP contribution in [0.5, 0.6) is 0 Å². The molecule has 4 rings (SSSR count). The Balaban J connectivity index is 1.76. The van der Waals surface area contributed by atoms with Crippen molar-refractivity contribution in [1.82, 2.24) is 14.8 Å². The van der Waals surface area contributed by atoms with Gasteiger partial charge in [-0.1, -0.05) is 6.08 Å². The molecule has 0 saturated carbocycles. The third-order valence-electron chi connectivity index (χ3n) is 4.49. The van der Waals surface area contributed by atoms with Crippen LogP contribution in [-0.4, -0.2) is 21.4 Å². The van der Waals surface area contributed by atoms with Crippen molar-refractivity contribution in [3.8, 4) is 11.3 Å². The van der Waals surface area contributed by atoms with Gasteiger partial charge in [0.15, 0.2) is 6.23 Å². The van der Waals surface area contributed by atoms with Gasteiger partial charge in [-0.2, -0.15) is 5.10 Å². The Bertz CT molecular complexity index is 669. The van der Waals surface area contributed by atoms with Crippen molar-refractivity contribution in [3.05, 3.63) is 42.4 Å². The monoisotopic (exact) mass is 295 g/mol. The van der Waals surface area contributed by atoms with Crippen LogP contribution in [0.4, 0.5) is 0 Å². The fourth-order valence-corrected chi connectivity index (χ4v) is 3.32. The molecule has 2 aromatic rings. The third kappa shape index (κ3) is 2.59. The van der Waals surface area contributed by atoms with Crippen LogP contribution in [0.3, 0.4) is 0 Å². The van der Waals surface area contributed by atoms with E-state index in [2.05, 4.69) is 27.9 Å². The summed E-state index contributed by atoms with van der Waals surface area (Å²) in [4.78, 5) is 4.26. The summed E-state index contributed by atoms with van der Waals surface area (Å²) in [6.07, 6.45) is 13.0. The average Bonchev–Trinajstić information content (AvgIpc) is 3.26. The number of aromatic nitrogens is 3. The molecule has 114 valence electrons. The van der Waals surface area contributed by atoms with E-state index in [-0.39, 0.29) is 6.23 Å². The van der Waals surface area contributed by atoms with E-state index in [0.717, 1.165) is 42.8 Å². The highest BCUT2D eigenvalue weighted by Gasteiger charge is 2.22. The summed E-state index contributed by atoms with van der Waals surface area (Å²) in [7, 11) is 0. The Morgan fingerprint density at radius 2 is 2.23 bits per heavy atom. The first-order valence-electron chi connectivity index (χ1n) is 8.23. The van der Waals surface area contributed by atoms with Gasteiger partial charge in [-0.3, -0.25) is 4.98 Å². The summed E-state index contributed by atoms with van der Waals surface area (Å²) in [5.74, 6) is 0. The van der Waals surface area contributed by atoms with Gasteiger partial charge in [0.1, 0.15) is 0 Å². The van der Waals surface area contributed by atoms with Crippen molar-refractivity contribution in [2.45, 2.75) is 44.8 Å². The SMILES string of the molecule is C1=C(c2cc(-c3cccnc3)n(C3CCCCO3)n2)CCC1. The van der Waals surface area contributed by atoms with E-state index >= 15 is 0 Å². The highest BCUT2D eigenvalue weighted by molar-refractivity contribution is 5.69. The number of hydrogen-bond acceptors (Lipinski definition) is 3. The molecule has 0 aromatic carbocycles. The minimum absolute atomic E-state index is 0.0553. The van der Waals surface area contributed by atoms with Gasteiger partial charge in [-0.05, 0) is 62.3 Å². The molecule has 0 bridgehead atoms. The molecule has 0 amide bonds. The summed E-state index contributed by atoms with van der Waals surface area (Å²) < 4.78 is 8.04. The van der Waals surface area contributed by atoms with E-state index in [0.29, 0.717) is 0 Å². The first-order valence-corrected chi connectivity index (χ1v) is 8.23. The molecule has 1 atom stereocenters.